The Morgan fingerprint density at radius 1 is 1.29 bits per heavy atom. The maximum absolute atomic E-state index is 13.7. The lowest BCUT2D eigenvalue weighted by atomic mass is 9.88. The van der Waals surface area contributed by atoms with E-state index in [0.29, 0.717) is 16.3 Å². The number of carbonyl (C=O) groups is 1. The highest BCUT2D eigenvalue weighted by atomic mass is 35.5. The molecule has 168 valence electrons. The minimum absolute atomic E-state index is 0.0336. The first kappa shape index (κ1) is 25.3. The molecule has 0 heterocycles. The monoisotopic (exact) mass is 472 g/mol. The summed E-state index contributed by atoms with van der Waals surface area (Å²) in [5.41, 5.74) is 0.218. The maximum atomic E-state index is 13.7. The van der Waals surface area contributed by atoms with E-state index in [1.165, 1.54) is 18.2 Å². The smallest absolute Gasteiger partial charge is 0.271 e. The third-order valence-corrected chi connectivity index (χ3v) is 5.60. The first-order valence-electron chi connectivity index (χ1n) is 9.94. The van der Waals surface area contributed by atoms with Crippen molar-refractivity contribution in [3.63, 3.8) is 0 Å². The number of hydrogen-bond donors (Lipinski definition) is 0. The van der Waals surface area contributed by atoms with Gasteiger partial charge in [-0.15, -0.1) is 5.11 Å². The summed E-state index contributed by atoms with van der Waals surface area (Å²) in [4.78, 5) is 11.6. The Hall–Kier alpha value is -1.92. The fraction of sp³-hybridized carbons (Fsp3) is 0.435. The first-order chi connectivity index (χ1) is 14.4. The molecule has 31 heavy (non-hydrogen) atoms. The first-order valence-corrected chi connectivity index (χ1v) is 10.7. The van der Waals surface area contributed by atoms with Gasteiger partial charge in [0.1, 0.15) is 0 Å². The second kappa shape index (κ2) is 10.6. The van der Waals surface area contributed by atoms with Crippen LogP contribution in [0.2, 0.25) is 0 Å². The van der Waals surface area contributed by atoms with Crippen molar-refractivity contribution in [2.24, 2.45) is 28.0 Å². The molecule has 1 unspecified atom stereocenters. The third-order valence-electron chi connectivity index (χ3n) is 4.97. The number of azo groups is 1. The van der Waals surface area contributed by atoms with Crippen LogP contribution in [-0.2, 0) is 4.79 Å². The van der Waals surface area contributed by atoms with Gasteiger partial charge in [-0.1, -0.05) is 61.9 Å². The van der Waals surface area contributed by atoms with Gasteiger partial charge in [-0.3, -0.25) is 4.79 Å². The van der Waals surface area contributed by atoms with Gasteiger partial charge in [-0.05, 0) is 61.3 Å². The van der Waals surface area contributed by atoms with Crippen LogP contribution in [0.4, 0.5) is 13.2 Å². The predicted octanol–water partition coefficient (Wildman–Crippen LogP) is 8.17. The van der Waals surface area contributed by atoms with Crippen molar-refractivity contribution in [3.05, 3.63) is 69.4 Å². The van der Waals surface area contributed by atoms with Crippen LogP contribution in [0.25, 0.3) is 0 Å². The van der Waals surface area contributed by atoms with E-state index in [1.54, 1.807) is 19.9 Å². The summed E-state index contributed by atoms with van der Waals surface area (Å²) in [6, 6.07) is 0. The number of rotatable bonds is 7. The quantitative estimate of drug-likeness (QED) is 0.272. The van der Waals surface area contributed by atoms with Crippen LogP contribution in [0.5, 0.6) is 0 Å². The SMILES string of the molecule is C=C(/C=C\C(Cl)=C(/C)N=NC(=O)C1CC1)[C@H](C)/C=C(/C1=CC(Cl)=CC(C)C1)C(F)(F)F. The van der Waals surface area contributed by atoms with E-state index in [9.17, 15) is 18.0 Å². The zero-order valence-corrected chi connectivity index (χ0v) is 19.2. The predicted molar refractivity (Wildman–Crippen MR) is 119 cm³/mol. The van der Waals surface area contributed by atoms with E-state index in [2.05, 4.69) is 16.8 Å². The number of nitrogens with zero attached hydrogens (tertiary/aromatic N) is 2. The minimum atomic E-state index is -4.51. The lowest BCUT2D eigenvalue weighted by molar-refractivity contribution is -0.119. The summed E-state index contributed by atoms with van der Waals surface area (Å²) in [5, 5.41) is 7.98. The molecule has 3 nitrogen and oxygen atoms in total. The van der Waals surface area contributed by atoms with Gasteiger partial charge in [0.2, 0.25) is 0 Å². The van der Waals surface area contributed by atoms with Gasteiger partial charge in [0, 0.05) is 11.0 Å². The molecule has 2 aliphatic rings. The summed E-state index contributed by atoms with van der Waals surface area (Å²) >= 11 is 12.1. The van der Waals surface area contributed by atoms with Crippen molar-refractivity contribution in [1.82, 2.24) is 0 Å². The Bertz CT molecular complexity index is 920. The molecule has 2 atom stereocenters. The van der Waals surface area contributed by atoms with E-state index in [-0.39, 0.29) is 34.8 Å². The average molecular weight is 473 g/mol. The average Bonchev–Trinajstić information content (AvgIpc) is 3.51. The topological polar surface area (TPSA) is 41.8 Å². The lowest BCUT2D eigenvalue weighted by Gasteiger charge is -2.22. The molecule has 0 N–H and O–H groups in total. The number of amides is 1. The molecule has 2 aliphatic carbocycles. The summed E-state index contributed by atoms with van der Waals surface area (Å²) in [7, 11) is 0. The van der Waals surface area contributed by atoms with Gasteiger partial charge < -0.3 is 0 Å². The van der Waals surface area contributed by atoms with Crippen molar-refractivity contribution in [1.29, 1.82) is 0 Å². The summed E-state index contributed by atoms with van der Waals surface area (Å²) in [6.07, 6.45) is 4.67. The zero-order valence-electron chi connectivity index (χ0n) is 17.6. The van der Waals surface area contributed by atoms with E-state index < -0.39 is 17.7 Å². The van der Waals surface area contributed by atoms with Crippen molar-refractivity contribution in [2.75, 3.05) is 0 Å². The number of halogens is 5. The highest BCUT2D eigenvalue weighted by Crippen LogP contribution is 2.39. The highest BCUT2D eigenvalue weighted by Gasteiger charge is 2.37. The summed E-state index contributed by atoms with van der Waals surface area (Å²) in [5.74, 6) is -0.980. The highest BCUT2D eigenvalue weighted by molar-refractivity contribution is 6.31. The molecule has 0 aromatic carbocycles. The van der Waals surface area contributed by atoms with Gasteiger partial charge >= 0.3 is 6.18 Å². The lowest BCUT2D eigenvalue weighted by Crippen LogP contribution is -2.18. The minimum Gasteiger partial charge on any atom is -0.271 e. The second-order valence-corrected chi connectivity index (χ2v) is 8.77. The van der Waals surface area contributed by atoms with Crippen molar-refractivity contribution in [2.45, 2.75) is 46.2 Å². The maximum Gasteiger partial charge on any atom is 0.416 e. The molecular formula is C23H25Cl2F3N2O. The summed E-state index contributed by atoms with van der Waals surface area (Å²) < 4.78 is 41.1. The molecule has 0 aromatic rings. The van der Waals surface area contributed by atoms with E-state index >= 15 is 0 Å². The zero-order chi connectivity index (χ0) is 23.3. The second-order valence-electron chi connectivity index (χ2n) is 7.92. The van der Waals surface area contributed by atoms with Crippen molar-refractivity contribution >= 4 is 29.1 Å². The van der Waals surface area contributed by atoms with Crippen LogP contribution in [0.1, 0.15) is 40.0 Å². The molecule has 0 saturated heterocycles. The van der Waals surface area contributed by atoms with Crippen LogP contribution in [0.3, 0.4) is 0 Å². The Labute approximate surface area is 190 Å². The fourth-order valence-corrected chi connectivity index (χ4v) is 3.36. The van der Waals surface area contributed by atoms with Gasteiger partial charge in [0.05, 0.1) is 16.3 Å². The molecule has 1 amide bonds. The molecule has 2 rings (SSSR count). The molecule has 0 radical (unpaired) electrons. The largest absolute Gasteiger partial charge is 0.416 e. The third kappa shape index (κ3) is 7.93. The molecule has 1 fully saturated rings. The Morgan fingerprint density at radius 2 is 1.94 bits per heavy atom. The Kier molecular flexibility index (Phi) is 8.66. The normalized spacial score (nSPS) is 22.3. The van der Waals surface area contributed by atoms with E-state index in [0.717, 1.165) is 18.9 Å². The molecule has 0 aromatic heterocycles. The van der Waals surface area contributed by atoms with Crippen LogP contribution in [0.15, 0.2) is 79.7 Å². The van der Waals surface area contributed by atoms with Crippen LogP contribution < -0.4 is 0 Å². The Morgan fingerprint density at radius 3 is 2.48 bits per heavy atom. The molecule has 0 spiro atoms. The number of alkyl halides is 3. The van der Waals surface area contributed by atoms with Gasteiger partial charge in [0.15, 0.2) is 0 Å². The van der Waals surface area contributed by atoms with E-state index in [4.69, 9.17) is 23.2 Å². The summed E-state index contributed by atoms with van der Waals surface area (Å²) in [6.45, 7) is 8.90. The van der Waals surface area contributed by atoms with Gasteiger partial charge in [-0.25, -0.2) is 0 Å². The van der Waals surface area contributed by atoms with Crippen LogP contribution in [-0.4, -0.2) is 12.1 Å². The van der Waals surface area contributed by atoms with Crippen LogP contribution >= 0.6 is 23.2 Å². The molecule has 0 aliphatic heterocycles. The number of hydrogen-bond acceptors (Lipinski definition) is 2. The number of allylic oxidation sites excluding steroid dienone is 11. The fourth-order valence-electron chi connectivity index (χ4n) is 2.92. The molecule has 0 bridgehead atoms. The van der Waals surface area contributed by atoms with E-state index in [1.807, 2.05) is 6.92 Å². The molecule has 8 heteroatoms. The molecular weight excluding hydrogens is 448 g/mol. The van der Waals surface area contributed by atoms with Crippen molar-refractivity contribution < 1.29 is 18.0 Å². The number of carbonyl (C=O) groups excluding carboxylic acids is 1. The van der Waals surface area contributed by atoms with Crippen molar-refractivity contribution in [3.8, 4) is 0 Å². The van der Waals surface area contributed by atoms with Gasteiger partial charge in [0.25, 0.3) is 5.91 Å². The Balaban J connectivity index is 2.15. The molecule has 1 saturated carbocycles. The standard InChI is InChI=1S/C23H25Cl2F3N2O/c1-13-9-18(12-19(24)10-13)20(23(26,27)28)11-15(3)14(2)5-8-21(25)16(4)29-30-22(31)17-6-7-17/h5,8,10-13,15,17H,2,6-7,9H2,1,3-4H3/b8-5-,20-11-,21-16-,30-29?/t13?,15-/m1/s1. The van der Waals surface area contributed by atoms with Gasteiger partial charge in [-0.2, -0.15) is 18.3 Å². The van der Waals surface area contributed by atoms with Crippen LogP contribution in [0, 0.1) is 17.8 Å².